The molecule has 3 unspecified atom stereocenters. The summed E-state index contributed by atoms with van der Waals surface area (Å²) in [7, 11) is 0. The number of aliphatic hydroxyl groups is 3. The molecular weight excluding hydrogens is 124 g/mol. The van der Waals surface area contributed by atoms with Crippen molar-refractivity contribution >= 4 is 0 Å². The molecule has 4 nitrogen and oxygen atoms in total. The van der Waals surface area contributed by atoms with Crippen LogP contribution in [0.15, 0.2) is 0 Å². The number of ether oxygens (including phenoxy) is 1. The van der Waals surface area contributed by atoms with Gasteiger partial charge in [-0.05, 0) is 6.92 Å². The zero-order valence-electron chi connectivity index (χ0n) is 5.06. The van der Waals surface area contributed by atoms with Gasteiger partial charge in [0.05, 0.1) is 6.10 Å². The van der Waals surface area contributed by atoms with Crippen LogP contribution in [-0.2, 0) is 4.74 Å². The Bertz CT molecular complexity index is 93.1. The van der Waals surface area contributed by atoms with E-state index in [-0.39, 0.29) is 0 Å². The molecule has 4 atom stereocenters. The van der Waals surface area contributed by atoms with E-state index < -0.39 is 24.6 Å². The van der Waals surface area contributed by atoms with Crippen molar-refractivity contribution in [3.05, 3.63) is 0 Å². The minimum Gasteiger partial charge on any atom is -0.388 e. The first kappa shape index (κ1) is 6.95. The highest BCUT2D eigenvalue weighted by molar-refractivity contribution is 4.82. The molecule has 0 spiro atoms. The van der Waals surface area contributed by atoms with E-state index in [4.69, 9.17) is 15.3 Å². The van der Waals surface area contributed by atoms with Gasteiger partial charge in [-0.25, -0.2) is 0 Å². The van der Waals surface area contributed by atoms with Crippen LogP contribution in [0.25, 0.3) is 0 Å². The fourth-order valence-corrected chi connectivity index (χ4v) is 0.827. The summed E-state index contributed by atoms with van der Waals surface area (Å²) < 4.78 is 4.64. The highest BCUT2D eigenvalue weighted by Gasteiger charge is 2.38. The normalized spacial score (nSPS) is 52.0. The zero-order chi connectivity index (χ0) is 7.02. The lowest BCUT2D eigenvalue weighted by Crippen LogP contribution is -2.31. The Morgan fingerprint density at radius 1 is 1.11 bits per heavy atom. The van der Waals surface area contributed by atoms with E-state index in [2.05, 4.69) is 4.74 Å². The average molecular weight is 134 g/mol. The summed E-state index contributed by atoms with van der Waals surface area (Å²) in [5.74, 6) is 0. The Morgan fingerprint density at radius 3 is 1.78 bits per heavy atom. The van der Waals surface area contributed by atoms with Gasteiger partial charge in [0.25, 0.3) is 0 Å². The zero-order valence-corrected chi connectivity index (χ0v) is 5.06. The van der Waals surface area contributed by atoms with Crippen LogP contribution in [0.5, 0.6) is 0 Å². The van der Waals surface area contributed by atoms with Crippen LogP contribution < -0.4 is 0 Å². The first-order valence-electron chi connectivity index (χ1n) is 2.82. The molecule has 1 fully saturated rings. The lowest BCUT2D eigenvalue weighted by molar-refractivity contribution is -0.124. The van der Waals surface area contributed by atoms with Crippen molar-refractivity contribution in [1.29, 1.82) is 0 Å². The largest absolute Gasteiger partial charge is 0.388 e. The van der Waals surface area contributed by atoms with Gasteiger partial charge in [0, 0.05) is 0 Å². The summed E-state index contributed by atoms with van der Waals surface area (Å²) in [5, 5.41) is 26.4. The van der Waals surface area contributed by atoms with Gasteiger partial charge in [0.15, 0.2) is 6.29 Å². The summed E-state index contributed by atoms with van der Waals surface area (Å²) in [6.45, 7) is 1.59. The molecule has 0 aliphatic carbocycles. The highest BCUT2D eigenvalue weighted by atomic mass is 16.6. The fraction of sp³-hybridized carbons (Fsp3) is 1.00. The summed E-state index contributed by atoms with van der Waals surface area (Å²) >= 11 is 0. The molecule has 0 aromatic heterocycles. The van der Waals surface area contributed by atoms with E-state index in [0.717, 1.165) is 0 Å². The molecule has 0 amide bonds. The van der Waals surface area contributed by atoms with E-state index in [9.17, 15) is 0 Å². The smallest absolute Gasteiger partial charge is 0.183 e. The quantitative estimate of drug-likeness (QED) is 0.375. The summed E-state index contributed by atoms with van der Waals surface area (Å²) in [5.41, 5.74) is 0. The van der Waals surface area contributed by atoms with Crippen LogP contribution in [0.3, 0.4) is 0 Å². The summed E-state index contributed by atoms with van der Waals surface area (Å²) in [6.07, 6.45) is -3.81. The number of aliphatic hydroxyl groups excluding tert-OH is 3. The molecular formula is C5H10O4. The van der Waals surface area contributed by atoms with Crippen LogP contribution in [0.4, 0.5) is 0 Å². The van der Waals surface area contributed by atoms with Gasteiger partial charge < -0.3 is 20.1 Å². The molecule has 1 saturated heterocycles. The Morgan fingerprint density at radius 2 is 1.67 bits per heavy atom. The maximum atomic E-state index is 8.90. The second-order valence-corrected chi connectivity index (χ2v) is 2.21. The molecule has 1 heterocycles. The highest BCUT2D eigenvalue weighted by Crippen LogP contribution is 2.18. The molecule has 0 radical (unpaired) electrons. The van der Waals surface area contributed by atoms with Gasteiger partial charge >= 0.3 is 0 Å². The van der Waals surface area contributed by atoms with Gasteiger partial charge in [-0.1, -0.05) is 0 Å². The van der Waals surface area contributed by atoms with Crippen LogP contribution in [-0.4, -0.2) is 39.9 Å². The van der Waals surface area contributed by atoms with E-state index in [1.165, 1.54) is 0 Å². The van der Waals surface area contributed by atoms with Crippen molar-refractivity contribution < 1.29 is 20.1 Å². The van der Waals surface area contributed by atoms with Gasteiger partial charge in [-0.3, -0.25) is 0 Å². The van der Waals surface area contributed by atoms with Crippen molar-refractivity contribution in [2.45, 2.75) is 31.5 Å². The van der Waals surface area contributed by atoms with Crippen molar-refractivity contribution in [3.8, 4) is 0 Å². The lowest BCUT2D eigenvalue weighted by Gasteiger charge is -2.07. The van der Waals surface area contributed by atoms with Crippen LogP contribution in [0.1, 0.15) is 6.92 Å². The topological polar surface area (TPSA) is 69.9 Å². The predicted molar refractivity (Wildman–Crippen MR) is 28.6 cm³/mol. The molecule has 1 aliphatic heterocycles. The van der Waals surface area contributed by atoms with Crippen LogP contribution >= 0.6 is 0 Å². The minimum atomic E-state index is -1.23. The summed E-state index contributed by atoms with van der Waals surface area (Å²) in [4.78, 5) is 0. The van der Waals surface area contributed by atoms with Crippen LogP contribution in [0.2, 0.25) is 0 Å². The standard InChI is InChI=1S/C5H10O4/c1-2-3(6)4(7)5(8)9-2/h2-8H,1H3/t2?,3-,4?,5?/m0/s1. The lowest BCUT2D eigenvalue weighted by atomic mass is 10.2. The Labute approximate surface area is 52.7 Å². The van der Waals surface area contributed by atoms with E-state index in [1.807, 2.05) is 0 Å². The Balaban J connectivity index is 2.54. The average Bonchev–Trinajstić information content (AvgIpc) is 1.98. The molecule has 4 heteroatoms. The van der Waals surface area contributed by atoms with Crippen molar-refractivity contribution in [2.24, 2.45) is 0 Å². The second kappa shape index (κ2) is 2.22. The summed E-state index contributed by atoms with van der Waals surface area (Å²) in [6, 6.07) is 0. The first-order valence-corrected chi connectivity index (χ1v) is 2.82. The SMILES string of the molecule is CC1OC(O)C(O)[C@H]1O. The third-order valence-electron chi connectivity index (χ3n) is 1.48. The third-order valence-corrected chi connectivity index (χ3v) is 1.48. The molecule has 1 rings (SSSR count). The number of hydrogen-bond acceptors (Lipinski definition) is 4. The van der Waals surface area contributed by atoms with E-state index in [0.29, 0.717) is 0 Å². The molecule has 0 bridgehead atoms. The van der Waals surface area contributed by atoms with Gasteiger partial charge in [-0.2, -0.15) is 0 Å². The minimum absolute atomic E-state index is 0.477. The molecule has 0 saturated carbocycles. The monoisotopic (exact) mass is 134 g/mol. The van der Waals surface area contributed by atoms with Gasteiger partial charge in [0.2, 0.25) is 0 Å². The van der Waals surface area contributed by atoms with E-state index in [1.54, 1.807) is 6.92 Å². The number of hydrogen-bond donors (Lipinski definition) is 3. The Kier molecular flexibility index (Phi) is 1.72. The first-order chi connectivity index (χ1) is 4.13. The Hall–Kier alpha value is -0.160. The molecule has 3 N–H and O–H groups in total. The molecule has 1 aliphatic rings. The molecule has 9 heavy (non-hydrogen) atoms. The van der Waals surface area contributed by atoms with E-state index >= 15 is 0 Å². The predicted octanol–water partition coefficient (Wildman–Crippen LogP) is -1.55. The van der Waals surface area contributed by atoms with Crippen molar-refractivity contribution in [3.63, 3.8) is 0 Å². The fourth-order valence-electron chi connectivity index (χ4n) is 0.827. The van der Waals surface area contributed by atoms with Gasteiger partial charge in [0.1, 0.15) is 12.2 Å². The maximum Gasteiger partial charge on any atom is 0.183 e. The molecule has 54 valence electrons. The van der Waals surface area contributed by atoms with Crippen molar-refractivity contribution in [2.75, 3.05) is 0 Å². The van der Waals surface area contributed by atoms with Gasteiger partial charge in [-0.15, -0.1) is 0 Å². The van der Waals surface area contributed by atoms with Crippen LogP contribution in [0, 0.1) is 0 Å². The molecule has 0 aromatic rings. The van der Waals surface area contributed by atoms with Crippen molar-refractivity contribution in [1.82, 2.24) is 0 Å². The maximum absolute atomic E-state index is 8.90. The molecule has 0 aromatic carbocycles. The number of rotatable bonds is 0. The third kappa shape index (κ3) is 1.07. The second-order valence-electron chi connectivity index (χ2n) is 2.21.